The fourth-order valence-corrected chi connectivity index (χ4v) is 2.54. The molecule has 4 nitrogen and oxygen atoms in total. The van der Waals surface area contributed by atoms with E-state index in [1.165, 1.54) is 12.8 Å². The second-order valence-electron chi connectivity index (χ2n) is 5.46. The van der Waals surface area contributed by atoms with Crippen molar-refractivity contribution in [3.63, 3.8) is 0 Å². The van der Waals surface area contributed by atoms with Crippen LogP contribution in [0.15, 0.2) is 24.3 Å². The van der Waals surface area contributed by atoms with Gasteiger partial charge in [0.15, 0.2) is 0 Å². The van der Waals surface area contributed by atoms with Crippen molar-refractivity contribution >= 4 is 11.6 Å². The molecule has 1 aromatic rings. The number of nitrogen functional groups attached to an aromatic ring is 1. The van der Waals surface area contributed by atoms with Gasteiger partial charge in [-0.2, -0.15) is 0 Å². The lowest BCUT2D eigenvalue weighted by Crippen LogP contribution is -2.41. The van der Waals surface area contributed by atoms with Crippen molar-refractivity contribution in [3.05, 3.63) is 29.8 Å². The van der Waals surface area contributed by atoms with E-state index >= 15 is 0 Å². The Bertz CT molecular complexity index is 457. The maximum absolute atomic E-state index is 12.3. The Balaban J connectivity index is 1.92. The van der Waals surface area contributed by atoms with Crippen LogP contribution in [0.1, 0.15) is 32.3 Å². The molecule has 1 aliphatic rings. The second-order valence-corrected chi connectivity index (χ2v) is 5.46. The van der Waals surface area contributed by atoms with Gasteiger partial charge < -0.3 is 10.6 Å². The first-order valence-corrected chi connectivity index (χ1v) is 7.50. The topological polar surface area (TPSA) is 49.6 Å². The SMILES string of the molecule is CCN(CC(=O)N(CC)C1CC1)Cc1cccc(N)c1. The molecular formula is C16H25N3O. The molecular weight excluding hydrogens is 250 g/mol. The fourth-order valence-electron chi connectivity index (χ4n) is 2.54. The van der Waals surface area contributed by atoms with E-state index in [1.807, 2.05) is 23.1 Å². The summed E-state index contributed by atoms with van der Waals surface area (Å²) in [6, 6.07) is 8.38. The normalized spacial score (nSPS) is 14.6. The number of benzene rings is 1. The van der Waals surface area contributed by atoms with Gasteiger partial charge in [0, 0.05) is 24.8 Å². The molecule has 4 heteroatoms. The Morgan fingerprint density at radius 1 is 1.30 bits per heavy atom. The van der Waals surface area contributed by atoms with Crippen LogP contribution < -0.4 is 5.73 Å². The van der Waals surface area contributed by atoms with Gasteiger partial charge in [-0.05, 0) is 44.0 Å². The van der Waals surface area contributed by atoms with Gasteiger partial charge in [0.05, 0.1) is 6.54 Å². The lowest BCUT2D eigenvalue weighted by molar-refractivity contribution is -0.132. The van der Waals surface area contributed by atoms with Crippen molar-refractivity contribution in [2.75, 3.05) is 25.4 Å². The third-order valence-corrected chi connectivity index (χ3v) is 3.81. The molecule has 0 aromatic heterocycles. The number of hydrogen-bond donors (Lipinski definition) is 1. The minimum Gasteiger partial charge on any atom is -0.399 e. The van der Waals surface area contributed by atoms with E-state index in [-0.39, 0.29) is 5.91 Å². The van der Waals surface area contributed by atoms with Gasteiger partial charge in [0.2, 0.25) is 5.91 Å². The van der Waals surface area contributed by atoms with Crippen LogP contribution in [0, 0.1) is 0 Å². The van der Waals surface area contributed by atoms with Gasteiger partial charge >= 0.3 is 0 Å². The van der Waals surface area contributed by atoms with E-state index in [0.29, 0.717) is 12.6 Å². The van der Waals surface area contributed by atoms with Crippen LogP contribution in [0.4, 0.5) is 5.69 Å². The highest BCUT2D eigenvalue weighted by atomic mass is 16.2. The molecule has 1 fully saturated rings. The zero-order valence-electron chi connectivity index (χ0n) is 12.5. The zero-order chi connectivity index (χ0) is 14.5. The maximum atomic E-state index is 12.3. The summed E-state index contributed by atoms with van der Waals surface area (Å²) in [5.74, 6) is 0.251. The first kappa shape index (κ1) is 14.9. The molecule has 0 unspecified atom stereocenters. The highest BCUT2D eigenvalue weighted by Gasteiger charge is 2.31. The molecule has 2 rings (SSSR count). The van der Waals surface area contributed by atoms with E-state index < -0.39 is 0 Å². The predicted octanol–water partition coefficient (Wildman–Crippen LogP) is 2.10. The second kappa shape index (κ2) is 6.75. The van der Waals surface area contributed by atoms with Gasteiger partial charge in [0.25, 0.3) is 0 Å². The van der Waals surface area contributed by atoms with Crippen LogP contribution in [0.5, 0.6) is 0 Å². The molecule has 0 bridgehead atoms. The molecule has 0 atom stereocenters. The molecule has 0 aliphatic heterocycles. The summed E-state index contributed by atoms with van der Waals surface area (Å²) in [5.41, 5.74) is 7.74. The van der Waals surface area contributed by atoms with Crippen molar-refractivity contribution in [1.82, 2.24) is 9.80 Å². The summed E-state index contributed by atoms with van der Waals surface area (Å²) >= 11 is 0. The summed E-state index contributed by atoms with van der Waals surface area (Å²) in [6.45, 7) is 7.10. The first-order chi connectivity index (χ1) is 9.63. The Morgan fingerprint density at radius 2 is 2.05 bits per heavy atom. The lowest BCUT2D eigenvalue weighted by atomic mass is 10.2. The van der Waals surface area contributed by atoms with Crippen molar-refractivity contribution in [2.45, 2.75) is 39.3 Å². The molecule has 1 aliphatic carbocycles. The molecule has 1 aromatic carbocycles. The molecule has 1 saturated carbocycles. The molecule has 0 heterocycles. The molecule has 0 radical (unpaired) electrons. The van der Waals surface area contributed by atoms with Gasteiger partial charge in [-0.1, -0.05) is 19.1 Å². The molecule has 20 heavy (non-hydrogen) atoms. The van der Waals surface area contributed by atoms with Crippen molar-refractivity contribution < 1.29 is 4.79 Å². The Kier molecular flexibility index (Phi) is 5.01. The average Bonchev–Trinajstić information content (AvgIpc) is 3.23. The fraction of sp³-hybridized carbons (Fsp3) is 0.562. The van der Waals surface area contributed by atoms with Crippen LogP contribution in [0.25, 0.3) is 0 Å². The molecule has 2 N–H and O–H groups in total. The first-order valence-electron chi connectivity index (χ1n) is 7.50. The summed E-state index contributed by atoms with van der Waals surface area (Å²) < 4.78 is 0. The van der Waals surface area contributed by atoms with Gasteiger partial charge in [0.1, 0.15) is 0 Å². The highest BCUT2D eigenvalue weighted by Crippen LogP contribution is 2.26. The van der Waals surface area contributed by atoms with Crippen molar-refractivity contribution in [1.29, 1.82) is 0 Å². The van der Waals surface area contributed by atoms with Gasteiger partial charge in [-0.3, -0.25) is 9.69 Å². The number of likely N-dealkylation sites (N-methyl/N-ethyl adjacent to an activating group) is 2. The van der Waals surface area contributed by atoms with E-state index in [4.69, 9.17) is 5.73 Å². The van der Waals surface area contributed by atoms with E-state index in [9.17, 15) is 4.79 Å². The van der Waals surface area contributed by atoms with Crippen LogP contribution in [-0.2, 0) is 11.3 Å². The number of nitrogens with two attached hydrogens (primary N) is 1. The van der Waals surface area contributed by atoms with E-state index in [2.05, 4.69) is 24.8 Å². The molecule has 0 saturated heterocycles. The number of nitrogens with zero attached hydrogens (tertiary/aromatic N) is 2. The third-order valence-electron chi connectivity index (χ3n) is 3.81. The summed E-state index contributed by atoms with van der Waals surface area (Å²) in [4.78, 5) is 16.5. The van der Waals surface area contributed by atoms with Crippen LogP contribution >= 0.6 is 0 Å². The molecule has 1 amide bonds. The summed E-state index contributed by atoms with van der Waals surface area (Å²) in [5, 5.41) is 0. The van der Waals surface area contributed by atoms with E-state index in [1.54, 1.807) is 0 Å². The van der Waals surface area contributed by atoms with Gasteiger partial charge in [-0.25, -0.2) is 0 Å². The number of carbonyl (C=O) groups is 1. The smallest absolute Gasteiger partial charge is 0.236 e. The Morgan fingerprint density at radius 3 is 2.60 bits per heavy atom. The number of carbonyl (C=O) groups excluding carboxylic acids is 1. The number of hydrogen-bond acceptors (Lipinski definition) is 3. The van der Waals surface area contributed by atoms with Crippen LogP contribution in [0.2, 0.25) is 0 Å². The zero-order valence-corrected chi connectivity index (χ0v) is 12.5. The molecule has 110 valence electrons. The van der Waals surface area contributed by atoms with Gasteiger partial charge in [-0.15, -0.1) is 0 Å². The monoisotopic (exact) mass is 275 g/mol. The largest absolute Gasteiger partial charge is 0.399 e. The highest BCUT2D eigenvalue weighted by molar-refractivity contribution is 5.78. The number of rotatable bonds is 7. The van der Waals surface area contributed by atoms with Crippen molar-refractivity contribution in [2.24, 2.45) is 0 Å². The number of amides is 1. The van der Waals surface area contributed by atoms with Crippen molar-refractivity contribution in [3.8, 4) is 0 Å². The van der Waals surface area contributed by atoms with E-state index in [0.717, 1.165) is 30.9 Å². The lowest BCUT2D eigenvalue weighted by Gasteiger charge is -2.26. The number of anilines is 1. The predicted molar refractivity (Wildman–Crippen MR) is 82.2 cm³/mol. The van der Waals surface area contributed by atoms with Crippen LogP contribution in [0.3, 0.4) is 0 Å². The minimum atomic E-state index is 0.251. The molecule has 0 spiro atoms. The average molecular weight is 275 g/mol. The third kappa shape index (κ3) is 3.97. The van der Waals surface area contributed by atoms with Crippen LogP contribution in [-0.4, -0.2) is 41.4 Å². The standard InChI is InChI=1S/C16H25N3O/c1-3-18(11-13-6-5-7-14(17)10-13)12-16(20)19(4-2)15-8-9-15/h5-7,10,15H,3-4,8-9,11-12,17H2,1-2H3. The summed E-state index contributed by atoms with van der Waals surface area (Å²) in [6.07, 6.45) is 2.34. The summed E-state index contributed by atoms with van der Waals surface area (Å²) in [7, 11) is 0. The Labute approximate surface area is 121 Å². The quantitative estimate of drug-likeness (QED) is 0.775. The Hall–Kier alpha value is -1.55. The maximum Gasteiger partial charge on any atom is 0.236 e. The minimum absolute atomic E-state index is 0.251.